The molecule has 0 radical (unpaired) electrons. The average molecular weight is 184 g/mol. The third kappa shape index (κ3) is 1.90. The predicted molar refractivity (Wildman–Crippen MR) is 56.7 cm³/mol. The molecule has 2 unspecified atom stereocenters. The van der Waals surface area contributed by atoms with Crippen LogP contribution in [-0.2, 0) is 0 Å². The summed E-state index contributed by atoms with van der Waals surface area (Å²) in [5.41, 5.74) is -0.321. The van der Waals surface area contributed by atoms with Crippen molar-refractivity contribution in [2.24, 2.45) is 11.8 Å². The second-order valence-corrected chi connectivity index (χ2v) is 4.50. The Balaban J connectivity index is 2.71. The molecule has 1 rings (SSSR count). The molecule has 1 N–H and O–H groups in total. The molecule has 1 fully saturated rings. The highest BCUT2D eigenvalue weighted by molar-refractivity contribution is 4.95. The lowest BCUT2D eigenvalue weighted by atomic mass is 9.75. The number of rotatable bonds is 4. The van der Waals surface area contributed by atoms with E-state index in [1.54, 1.807) is 0 Å². The Kier molecular flexibility index (Phi) is 3.78. The quantitative estimate of drug-likeness (QED) is 0.710. The molecular formula is C12H24O. The van der Waals surface area contributed by atoms with Crippen LogP contribution in [0, 0.1) is 11.8 Å². The minimum absolute atomic E-state index is 0.321. The van der Waals surface area contributed by atoms with Gasteiger partial charge in [-0.3, -0.25) is 0 Å². The molecule has 0 spiro atoms. The topological polar surface area (TPSA) is 20.2 Å². The van der Waals surface area contributed by atoms with Gasteiger partial charge in [-0.15, -0.1) is 0 Å². The van der Waals surface area contributed by atoms with Crippen molar-refractivity contribution in [1.82, 2.24) is 0 Å². The van der Waals surface area contributed by atoms with Gasteiger partial charge in [0.25, 0.3) is 0 Å². The Hall–Kier alpha value is -0.0400. The van der Waals surface area contributed by atoms with Crippen molar-refractivity contribution in [2.75, 3.05) is 0 Å². The van der Waals surface area contributed by atoms with Crippen LogP contribution in [0.4, 0.5) is 0 Å². The zero-order valence-corrected chi connectivity index (χ0v) is 9.34. The van der Waals surface area contributed by atoms with E-state index < -0.39 is 0 Å². The summed E-state index contributed by atoms with van der Waals surface area (Å²) in [5, 5.41) is 10.6. The van der Waals surface area contributed by atoms with Gasteiger partial charge in [0.2, 0.25) is 0 Å². The molecule has 0 aromatic rings. The zero-order chi connectivity index (χ0) is 9.90. The molecule has 0 aliphatic heterocycles. The molecule has 78 valence electrons. The van der Waals surface area contributed by atoms with Gasteiger partial charge >= 0.3 is 0 Å². The molecule has 1 aliphatic rings. The molecule has 0 amide bonds. The van der Waals surface area contributed by atoms with Gasteiger partial charge in [-0.2, -0.15) is 0 Å². The summed E-state index contributed by atoms with van der Waals surface area (Å²) in [6.07, 6.45) is 6.91. The third-order valence-electron chi connectivity index (χ3n) is 4.02. The maximum absolute atomic E-state index is 10.6. The summed E-state index contributed by atoms with van der Waals surface area (Å²) < 4.78 is 0. The molecule has 1 aliphatic carbocycles. The Bertz CT molecular complexity index is 151. The van der Waals surface area contributed by atoms with Crippen molar-refractivity contribution >= 4 is 0 Å². The van der Waals surface area contributed by atoms with Crippen molar-refractivity contribution in [1.29, 1.82) is 0 Å². The van der Waals surface area contributed by atoms with Crippen LogP contribution in [0.1, 0.15) is 59.3 Å². The van der Waals surface area contributed by atoms with Crippen molar-refractivity contribution < 1.29 is 5.11 Å². The van der Waals surface area contributed by atoms with Crippen LogP contribution in [0.15, 0.2) is 0 Å². The third-order valence-corrected chi connectivity index (χ3v) is 4.02. The Morgan fingerprint density at radius 2 is 1.92 bits per heavy atom. The van der Waals surface area contributed by atoms with E-state index in [2.05, 4.69) is 20.8 Å². The van der Waals surface area contributed by atoms with E-state index in [-0.39, 0.29) is 5.60 Å². The van der Waals surface area contributed by atoms with E-state index in [4.69, 9.17) is 0 Å². The van der Waals surface area contributed by atoms with Gasteiger partial charge in [0.1, 0.15) is 0 Å². The minimum atomic E-state index is -0.321. The summed E-state index contributed by atoms with van der Waals surface area (Å²) in [6, 6.07) is 0. The first kappa shape index (κ1) is 11.0. The first-order valence-corrected chi connectivity index (χ1v) is 5.91. The number of hydrogen-bond donors (Lipinski definition) is 1. The van der Waals surface area contributed by atoms with E-state index in [1.807, 2.05) is 0 Å². The van der Waals surface area contributed by atoms with Crippen LogP contribution < -0.4 is 0 Å². The molecule has 0 saturated heterocycles. The van der Waals surface area contributed by atoms with E-state index in [0.29, 0.717) is 11.8 Å². The molecule has 1 nitrogen and oxygen atoms in total. The second-order valence-electron chi connectivity index (χ2n) is 4.50. The van der Waals surface area contributed by atoms with Gasteiger partial charge in [-0.1, -0.05) is 46.5 Å². The van der Waals surface area contributed by atoms with Crippen LogP contribution >= 0.6 is 0 Å². The molecule has 0 aromatic heterocycles. The Labute approximate surface area is 82.5 Å². The van der Waals surface area contributed by atoms with Gasteiger partial charge in [0.15, 0.2) is 0 Å². The maximum atomic E-state index is 10.6. The van der Waals surface area contributed by atoms with Gasteiger partial charge < -0.3 is 5.11 Å². The van der Waals surface area contributed by atoms with Crippen molar-refractivity contribution in [3.05, 3.63) is 0 Å². The zero-order valence-electron chi connectivity index (χ0n) is 9.34. The molecule has 0 heterocycles. The number of aliphatic hydroxyl groups is 1. The lowest BCUT2D eigenvalue weighted by Gasteiger charge is -2.36. The van der Waals surface area contributed by atoms with Gasteiger partial charge in [-0.25, -0.2) is 0 Å². The summed E-state index contributed by atoms with van der Waals surface area (Å²) in [5.74, 6) is 1.09. The van der Waals surface area contributed by atoms with E-state index >= 15 is 0 Å². The lowest BCUT2D eigenvalue weighted by molar-refractivity contribution is -0.0557. The van der Waals surface area contributed by atoms with Crippen molar-refractivity contribution in [3.8, 4) is 0 Å². The monoisotopic (exact) mass is 184 g/mol. The SMILES string of the molecule is CCC(CC)C1(O)CCCC1CC. The summed E-state index contributed by atoms with van der Waals surface area (Å²) >= 11 is 0. The molecule has 1 heteroatoms. The minimum Gasteiger partial charge on any atom is -0.389 e. The van der Waals surface area contributed by atoms with Crippen LogP contribution in [0.25, 0.3) is 0 Å². The standard InChI is InChI=1S/C12H24O/c1-4-10(5-2)12(13)9-7-8-11(12)6-3/h10-11,13H,4-9H2,1-3H3. The van der Waals surface area contributed by atoms with Crippen molar-refractivity contribution in [3.63, 3.8) is 0 Å². The molecule has 1 saturated carbocycles. The Morgan fingerprint density at radius 1 is 1.31 bits per heavy atom. The molecule has 0 aromatic carbocycles. The first-order chi connectivity index (χ1) is 6.19. The van der Waals surface area contributed by atoms with Crippen LogP contribution in [0.3, 0.4) is 0 Å². The highest BCUT2D eigenvalue weighted by Gasteiger charge is 2.44. The second kappa shape index (κ2) is 4.45. The highest BCUT2D eigenvalue weighted by Crippen LogP contribution is 2.44. The molecule has 13 heavy (non-hydrogen) atoms. The van der Waals surface area contributed by atoms with Gasteiger partial charge in [0.05, 0.1) is 5.60 Å². The largest absolute Gasteiger partial charge is 0.389 e. The molecule has 0 bridgehead atoms. The van der Waals surface area contributed by atoms with Crippen molar-refractivity contribution in [2.45, 2.75) is 64.9 Å². The van der Waals surface area contributed by atoms with E-state index in [1.165, 1.54) is 12.8 Å². The fourth-order valence-corrected chi connectivity index (χ4v) is 3.18. The molecular weight excluding hydrogens is 160 g/mol. The predicted octanol–water partition coefficient (Wildman–Crippen LogP) is 3.36. The maximum Gasteiger partial charge on any atom is 0.0703 e. The van der Waals surface area contributed by atoms with Gasteiger partial charge in [-0.05, 0) is 24.7 Å². The van der Waals surface area contributed by atoms with Crippen LogP contribution in [-0.4, -0.2) is 10.7 Å². The highest BCUT2D eigenvalue weighted by atomic mass is 16.3. The average Bonchev–Trinajstić information content (AvgIpc) is 2.49. The van der Waals surface area contributed by atoms with Gasteiger partial charge in [0, 0.05) is 0 Å². The number of hydrogen-bond acceptors (Lipinski definition) is 1. The summed E-state index contributed by atoms with van der Waals surface area (Å²) in [4.78, 5) is 0. The van der Waals surface area contributed by atoms with Crippen LogP contribution in [0.5, 0.6) is 0 Å². The fourth-order valence-electron chi connectivity index (χ4n) is 3.18. The van der Waals surface area contributed by atoms with E-state index in [0.717, 1.165) is 25.7 Å². The summed E-state index contributed by atoms with van der Waals surface area (Å²) in [7, 11) is 0. The molecule has 2 atom stereocenters. The smallest absolute Gasteiger partial charge is 0.0703 e. The Morgan fingerprint density at radius 3 is 2.38 bits per heavy atom. The lowest BCUT2D eigenvalue weighted by Crippen LogP contribution is -2.40. The first-order valence-electron chi connectivity index (χ1n) is 5.91. The fraction of sp³-hybridized carbons (Fsp3) is 1.00. The van der Waals surface area contributed by atoms with Crippen LogP contribution in [0.2, 0.25) is 0 Å². The normalized spacial score (nSPS) is 34.4. The van der Waals surface area contributed by atoms with E-state index in [9.17, 15) is 5.11 Å². The summed E-state index contributed by atoms with van der Waals surface area (Å²) in [6.45, 7) is 6.62.